The number of rotatable bonds is 6. The van der Waals surface area contributed by atoms with Gasteiger partial charge in [0, 0.05) is 18.0 Å². The van der Waals surface area contributed by atoms with Crippen molar-refractivity contribution < 1.29 is 14.0 Å². The average molecular weight is 386 g/mol. The predicted octanol–water partition coefficient (Wildman–Crippen LogP) is 3.48. The van der Waals surface area contributed by atoms with Crippen molar-refractivity contribution in [2.45, 2.75) is 52.0 Å². The van der Waals surface area contributed by atoms with Gasteiger partial charge >= 0.3 is 0 Å². The van der Waals surface area contributed by atoms with Crippen LogP contribution < -0.4 is 16.4 Å². The van der Waals surface area contributed by atoms with Crippen LogP contribution in [-0.2, 0) is 4.79 Å². The lowest BCUT2D eigenvalue weighted by molar-refractivity contribution is -0.116. The standard InChI is InChI=1S/C19H28FN3O2.ClH/c1-12(2)9-18(24)22-17-8-7-13(10-15(17)20)19(25)23-16-6-4-3-5-14(16)11-21;/h7-8,10,12,14,16H,3-6,9,11,21H2,1-2H3,(H,22,24)(H,23,25);1H. The summed E-state index contributed by atoms with van der Waals surface area (Å²) in [7, 11) is 0. The van der Waals surface area contributed by atoms with Crippen LogP contribution in [0.25, 0.3) is 0 Å². The second kappa shape index (κ2) is 10.5. The van der Waals surface area contributed by atoms with Crippen LogP contribution >= 0.6 is 12.4 Å². The molecule has 0 saturated heterocycles. The van der Waals surface area contributed by atoms with Crippen LogP contribution in [0.15, 0.2) is 18.2 Å². The molecule has 0 heterocycles. The topological polar surface area (TPSA) is 84.2 Å². The van der Waals surface area contributed by atoms with E-state index in [2.05, 4.69) is 10.6 Å². The van der Waals surface area contributed by atoms with Gasteiger partial charge in [0.15, 0.2) is 0 Å². The van der Waals surface area contributed by atoms with Crippen LogP contribution in [0, 0.1) is 17.7 Å². The van der Waals surface area contributed by atoms with Gasteiger partial charge in [0.05, 0.1) is 5.69 Å². The fraction of sp³-hybridized carbons (Fsp3) is 0.579. The minimum atomic E-state index is -0.608. The summed E-state index contributed by atoms with van der Waals surface area (Å²) in [5, 5.41) is 5.52. The smallest absolute Gasteiger partial charge is 0.251 e. The zero-order valence-corrected chi connectivity index (χ0v) is 16.2. The van der Waals surface area contributed by atoms with Gasteiger partial charge in [-0.1, -0.05) is 26.7 Å². The molecule has 0 radical (unpaired) electrons. The van der Waals surface area contributed by atoms with Gasteiger partial charge < -0.3 is 16.4 Å². The van der Waals surface area contributed by atoms with Crippen molar-refractivity contribution in [3.05, 3.63) is 29.6 Å². The van der Waals surface area contributed by atoms with E-state index in [9.17, 15) is 14.0 Å². The van der Waals surface area contributed by atoms with Crippen molar-refractivity contribution in [1.29, 1.82) is 0 Å². The third-order valence-electron chi connectivity index (χ3n) is 4.63. The molecule has 1 fully saturated rings. The number of hydrogen-bond acceptors (Lipinski definition) is 3. The molecule has 1 saturated carbocycles. The van der Waals surface area contributed by atoms with Crippen molar-refractivity contribution >= 4 is 29.9 Å². The van der Waals surface area contributed by atoms with Gasteiger partial charge in [0.1, 0.15) is 5.82 Å². The Kier molecular flexibility index (Phi) is 9.02. The molecule has 5 nitrogen and oxygen atoms in total. The summed E-state index contributed by atoms with van der Waals surface area (Å²) in [6.07, 6.45) is 4.43. The quantitative estimate of drug-likeness (QED) is 0.700. The van der Waals surface area contributed by atoms with E-state index < -0.39 is 5.82 Å². The first-order chi connectivity index (χ1) is 11.9. The lowest BCUT2D eigenvalue weighted by Gasteiger charge is -2.31. The van der Waals surface area contributed by atoms with Crippen LogP contribution in [0.3, 0.4) is 0 Å². The van der Waals surface area contributed by atoms with Crippen molar-refractivity contribution in [1.82, 2.24) is 5.32 Å². The number of amides is 2. The molecule has 1 aromatic carbocycles. The number of benzene rings is 1. The van der Waals surface area contributed by atoms with Gasteiger partial charge in [-0.3, -0.25) is 9.59 Å². The summed E-state index contributed by atoms with van der Waals surface area (Å²) in [6.45, 7) is 4.38. The van der Waals surface area contributed by atoms with Crippen LogP contribution in [0.2, 0.25) is 0 Å². The van der Waals surface area contributed by atoms with Crippen molar-refractivity contribution in [3.8, 4) is 0 Å². The molecule has 1 aliphatic carbocycles. The lowest BCUT2D eigenvalue weighted by Crippen LogP contribution is -2.44. The first-order valence-corrected chi connectivity index (χ1v) is 9.01. The number of halogens is 2. The fourth-order valence-electron chi connectivity index (χ4n) is 3.26. The summed E-state index contributed by atoms with van der Waals surface area (Å²) in [5.41, 5.74) is 6.13. The second-order valence-corrected chi connectivity index (χ2v) is 7.20. The molecule has 2 rings (SSSR count). The maximum Gasteiger partial charge on any atom is 0.251 e. The van der Waals surface area contributed by atoms with E-state index in [1.54, 1.807) is 0 Å². The minimum Gasteiger partial charge on any atom is -0.349 e. The molecule has 0 bridgehead atoms. The van der Waals surface area contributed by atoms with Crippen molar-refractivity contribution in [2.24, 2.45) is 17.6 Å². The molecular weight excluding hydrogens is 357 g/mol. The van der Waals surface area contributed by atoms with E-state index in [-0.39, 0.29) is 53.3 Å². The molecule has 1 aliphatic rings. The zero-order chi connectivity index (χ0) is 18.4. The first-order valence-electron chi connectivity index (χ1n) is 9.01. The number of hydrogen-bond donors (Lipinski definition) is 3. The van der Waals surface area contributed by atoms with Crippen LogP contribution in [0.1, 0.15) is 56.3 Å². The van der Waals surface area contributed by atoms with Crippen LogP contribution in [-0.4, -0.2) is 24.4 Å². The Balaban J connectivity index is 0.00000338. The number of carbonyl (C=O) groups is 2. The highest BCUT2D eigenvalue weighted by Gasteiger charge is 2.25. The SMILES string of the molecule is CC(C)CC(=O)Nc1ccc(C(=O)NC2CCCCC2CN)cc1F.Cl. The summed E-state index contributed by atoms with van der Waals surface area (Å²) in [5.74, 6) is -0.677. The molecule has 7 heteroatoms. The Morgan fingerprint density at radius 1 is 1.27 bits per heavy atom. The molecule has 0 aliphatic heterocycles. The molecule has 2 atom stereocenters. The van der Waals surface area contributed by atoms with Gasteiger partial charge in [0.2, 0.25) is 5.91 Å². The van der Waals surface area contributed by atoms with E-state index in [4.69, 9.17) is 5.73 Å². The van der Waals surface area contributed by atoms with Gasteiger partial charge in [-0.25, -0.2) is 4.39 Å². The summed E-state index contributed by atoms with van der Waals surface area (Å²) < 4.78 is 14.2. The van der Waals surface area contributed by atoms with Crippen molar-refractivity contribution in [3.63, 3.8) is 0 Å². The summed E-state index contributed by atoms with van der Waals surface area (Å²) in [4.78, 5) is 24.2. The Labute approximate surface area is 160 Å². The van der Waals surface area contributed by atoms with Gasteiger partial charge in [-0.2, -0.15) is 0 Å². The monoisotopic (exact) mass is 385 g/mol. The third-order valence-corrected chi connectivity index (χ3v) is 4.63. The van der Waals surface area contributed by atoms with E-state index in [1.165, 1.54) is 18.2 Å². The highest BCUT2D eigenvalue weighted by atomic mass is 35.5. The van der Waals surface area contributed by atoms with Crippen molar-refractivity contribution in [2.75, 3.05) is 11.9 Å². The Bertz CT molecular complexity index is 625. The molecule has 4 N–H and O–H groups in total. The lowest BCUT2D eigenvalue weighted by atomic mass is 9.84. The maximum absolute atomic E-state index is 14.2. The third kappa shape index (κ3) is 6.25. The molecule has 0 spiro atoms. The Morgan fingerprint density at radius 3 is 2.58 bits per heavy atom. The Morgan fingerprint density at radius 2 is 1.96 bits per heavy atom. The van der Waals surface area contributed by atoms with Gasteiger partial charge in [-0.05, 0) is 49.4 Å². The normalized spacial score (nSPS) is 19.6. The molecule has 2 unspecified atom stereocenters. The number of carbonyl (C=O) groups excluding carboxylic acids is 2. The van der Waals surface area contributed by atoms with E-state index in [1.807, 2.05) is 13.8 Å². The van der Waals surface area contributed by atoms with Crippen LogP contribution in [0.5, 0.6) is 0 Å². The highest BCUT2D eigenvalue weighted by Crippen LogP contribution is 2.24. The number of nitrogens with two attached hydrogens (primary N) is 1. The van der Waals surface area contributed by atoms with E-state index in [0.29, 0.717) is 13.0 Å². The molecule has 146 valence electrons. The van der Waals surface area contributed by atoms with E-state index in [0.717, 1.165) is 25.7 Å². The molecule has 2 amide bonds. The highest BCUT2D eigenvalue weighted by molar-refractivity contribution is 5.96. The Hall–Kier alpha value is -1.66. The molecule has 1 aromatic rings. The number of nitrogens with one attached hydrogen (secondary N) is 2. The number of anilines is 1. The van der Waals surface area contributed by atoms with Gasteiger partial charge in [0.25, 0.3) is 5.91 Å². The van der Waals surface area contributed by atoms with Gasteiger partial charge in [-0.15, -0.1) is 12.4 Å². The van der Waals surface area contributed by atoms with E-state index >= 15 is 0 Å². The molecular formula is C19H29ClFN3O2. The largest absolute Gasteiger partial charge is 0.349 e. The molecule has 0 aromatic heterocycles. The molecule has 26 heavy (non-hydrogen) atoms. The summed E-state index contributed by atoms with van der Waals surface area (Å²) in [6, 6.07) is 4.17. The first kappa shape index (κ1) is 22.4. The fourth-order valence-corrected chi connectivity index (χ4v) is 3.26. The van der Waals surface area contributed by atoms with Crippen LogP contribution in [0.4, 0.5) is 10.1 Å². The average Bonchev–Trinajstić information content (AvgIpc) is 2.56. The minimum absolute atomic E-state index is 0. The predicted molar refractivity (Wildman–Crippen MR) is 104 cm³/mol. The zero-order valence-electron chi connectivity index (χ0n) is 15.4. The maximum atomic E-state index is 14.2. The summed E-state index contributed by atoms with van der Waals surface area (Å²) >= 11 is 0. The second-order valence-electron chi connectivity index (χ2n) is 7.20.